The van der Waals surface area contributed by atoms with Crippen molar-refractivity contribution < 1.29 is 18.0 Å². The summed E-state index contributed by atoms with van der Waals surface area (Å²) in [5, 5.41) is 2.34. The number of nitrogens with zero attached hydrogens (tertiary/aromatic N) is 2. The normalized spacial score (nSPS) is 14.5. The van der Waals surface area contributed by atoms with Gasteiger partial charge in [0.15, 0.2) is 11.6 Å². The zero-order chi connectivity index (χ0) is 23.2. The van der Waals surface area contributed by atoms with Crippen molar-refractivity contribution in [3.05, 3.63) is 83.8 Å². The van der Waals surface area contributed by atoms with E-state index in [0.717, 1.165) is 55.3 Å². The fraction of sp³-hybridized carbons (Fsp3) is 0.308. The molecule has 1 aromatic heterocycles. The van der Waals surface area contributed by atoms with E-state index in [1.54, 1.807) is 11.1 Å². The van der Waals surface area contributed by atoms with Crippen LogP contribution in [-0.2, 0) is 6.54 Å². The van der Waals surface area contributed by atoms with Gasteiger partial charge < -0.3 is 10.2 Å². The number of carbonyl (C=O) groups is 1. The summed E-state index contributed by atoms with van der Waals surface area (Å²) in [5.74, 6) is -3.31. The largest absolute Gasteiger partial charge is 0.322 e. The van der Waals surface area contributed by atoms with Crippen molar-refractivity contribution in [3.8, 4) is 11.3 Å². The van der Waals surface area contributed by atoms with Crippen LogP contribution in [0.3, 0.4) is 0 Å². The Balaban J connectivity index is 1.56. The zero-order valence-corrected chi connectivity index (χ0v) is 18.2. The Morgan fingerprint density at radius 3 is 2.21 bits per heavy atom. The van der Waals surface area contributed by atoms with Crippen LogP contribution >= 0.6 is 0 Å². The molecule has 0 unspecified atom stereocenters. The van der Waals surface area contributed by atoms with Gasteiger partial charge in [0.1, 0.15) is 11.5 Å². The molecule has 1 aliphatic carbocycles. The van der Waals surface area contributed by atoms with E-state index >= 15 is 0 Å². The van der Waals surface area contributed by atoms with E-state index in [0.29, 0.717) is 18.7 Å². The highest BCUT2D eigenvalue weighted by atomic mass is 19.1. The number of halogens is 3. The molecule has 2 amide bonds. The Morgan fingerprint density at radius 2 is 1.61 bits per heavy atom. The Kier molecular flexibility index (Phi) is 7.27. The standard InChI is InChI=1S/C26H26F3N3O/c27-20-15-22(28)25(23(29)16-20)31-26(33)32(21-7-3-1-2-4-8-21)17-18-10-12-19(13-11-18)24-9-5-6-14-30-24/h5-6,9-16,21H,1-4,7-8,17H2,(H,31,33). The summed E-state index contributed by atoms with van der Waals surface area (Å²) < 4.78 is 41.6. The van der Waals surface area contributed by atoms with E-state index in [9.17, 15) is 18.0 Å². The van der Waals surface area contributed by atoms with Gasteiger partial charge in [-0.2, -0.15) is 0 Å². The molecule has 0 atom stereocenters. The van der Waals surface area contributed by atoms with E-state index in [1.807, 2.05) is 42.5 Å². The lowest BCUT2D eigenvalue weighted by molar-refractivity contribution is 0.175. The fourth-order valence-corrected chi connectivity index (χ4v) is 4.29. The number of hydrogen-bond acceptors (Lipinski definition) is 2. The maximum absolute atomic E-state index is 14.2. The van der Waals surface area contributed by atoms with Crippen LogP contribution in [0, 0.1) is 17.5 Å². The van der Waals surface area contributed by atoms with Crippen molar-refractivity contribution in [1.29, 1.82) is 0 Å². The summed E-state index contributed by atoms with van der Waals surface area (Å²) in [6.07, 6.45) is 7.58. The van der Waals surface area contributed by atoms with Gasteiger partial charge >= 0.3 is 6.03 Å². The third-order valence-corrected chi connectivity index (χ3v) is 6.03. The number of carbonyl (C=O) groups excluding carboxylic acids is 1. The highest BCUT2D eigenvalue weighted by Crippen LogP contribution is 2.27. The van der Waals surface area contributed by atoms with E-state index in [-0.39, 0.29) is 6.04 Å². The van der Waals surface area contributed by atoms with Crippen molar-refractivity contribution in [2.24, 2.45) is 0 Å². The molecular formula is C26H26F3N3O. The van der Waals surface area contributed by atoms with Crippen molar-refractivity contribution in [2.45, 2.75) is 51.1 Å². The number of aromatic nitrogens is 1. The SMILES string of the molecule is O=C(Nc1c(F)cc(F)cc1F)N(Cc1ccc(-c2ccccn2)cc1)C1CCCCCC1. The number of rotatable bonds is 5. The van der Waals surface area contributed by atoms with Gasteiger partial charge in [-0.1, -0.05) is 56.0 Å². The number of benzene rings is 2. The van der Waals surface area contributed by atoms with Crippen LogP contribution in [-0.4, -0.2) is 22.0 Å². The van der Waals surface area contributed by atoms with Crippen molar-refractivity contribution >= 4 is 11.7 Å². The molecule has 2 aromatic carbocycles. The van der Waals surface area contributed by atoms with Crippen LogP contribution in [0.15, 0.2) is 60.8 Å². The number of hydrogen-bond donors (Lipinski definition) is 1. The lowest BCUT2D eigenvalue weighted by atomic mass is 10.0. The molecule has 3 aromatic rings. The maximum atomic E-state index is 14.2. The average Bonchev–Trinajstić information content (AvgIpc) is 3.10. The zero-order valence-electron chi connectivity index (χ0n) is 18.2. The number of urea groups is 1. The Hall–Kier alpha value is -3.35. The topological polar surface area (TPSA) is 45.2 Å². The summed E-state index contributed by atoms with van der Waals surface area (Å²) in [7, 11) is 0. The first-order chi connectivity index (χ1) is 16.0. The van der Waals surface area contributed by atoms with Gasteiger partial charge in [-0.15, -0.1) is 0 Å². The van der Waals surface area contributed by atoms with Crippen LogP contribution in [0.25, 0.3) is 11.3 Å². The molecule has 7 heteroatoms. The van der Waals surface area contributed by atoms with E-state index in [1.165, 1.54) is 0 Å². The van der Waals surface area contributed by atoms with Gasteiger partial charge in [0.25, 0.3) is 0 Å². The van der Waals surface area contributed by atoms with Crippen molar-refractivity contribution in [2.75, 3.05) is 5.32 Å². The molecule has 172 valence electrons. The van der Waals surface area contributed by atoms with Crippen LogP contribution < -0.4 is 5.32 Å². The lowest BCUT2D eigenvalue weighted by Gasteiger charge is -2.31. The average molecular weight is 454 g/mol. The van der Waals surface area contributed by atoms with Gasteiger partial charge in [0.05, 0.1) is 5.69 Å². The molecule has 4 nitrogen and oxygen atoms in total. The van der Waals surface area contributed by atoms with E-state index in [4.69, 9.17) is 0 Å². The summed E-state index contributed by atoms with van der Waals surface area (Å²) in [4.78, 5) is 19.2. The van der Waals surface area contributed by atoms with E-state index < -0.39 is 29.2 Å². The van der Waals surface area contributed by atoms with Crippen molar-refractivity contribution in [1.82, 2.24) is 9.88 Å². The lowest BCUT2D eigenvalue weighted by Crippen LogP contribution is -2.42. The summed E-state index contributed by atoms with van der Waals surface area (Å²) in [5.41, 5.74) is 2.07. The molecule has 0 bridgehead atoms. The fourth-order valence-electron chi connectivity index (χ4n) is 4.29. The Morgan fingerprint density at radius 1 is 0.939 bits per heavy atom. The second-order valence-electron chi connectivity index (χ2n) is 8.36. The molecule has 0 aliphatic heterocycles. The third kappa shape index (κ3) is 5.72. The van der Waals surface area contributed by atoms with Gasteiger partial charge in [-0.3, -0.25) is 4.98 Å². The molecule has 1 heterocycles. The van der Waals surface area contributed by atoms with Gasteiger partial charge in [-0.25, -0.2) is 18.0 Å². The smallest absolute Gasteiger partial charge is 0.317 e. The molecule has 0 saturated heterocycles. The molecule has 4 rings (SSSR count). The summed E-state index contributed by atoms with van der Waals surface area (Å²) in [6, 6.07) is 13.9. The predicted molar refractivity (Wildman–Crippen MR) is 122 cm³/mol. The molecule has 1 saturated carbocycles. The number of pyridine rings is 1. The number of anilines is 1. The minimum Gasteiger partial charge on any atom is -0.317 e. The minimum absolute atomic E-state index is 0.0467. The Bertz CT molecular complexity index is 1060. The first-order valence-electron chi connectivity index (χ1n) is 11.2. The molecule has 0 radical (unpaired) electrons. The van der Waals surface area contributed by atoms with Gasteiger partial charge in [-0.05, 0) is 30.5 Å². The minimum atomic E-state index is -1.14. The van der Waals surface area contributed by atoms with Crippen LogP contribution in [0.2, 0.25) is 0 Å². The van der Waals surface area contributed by atoms with E-state index in [2.05, 4.69) is 10.3 Å². The van der Waals surface area contributed by atoms with Crippen LogP contribution in [0.4, 0.5) is 23.7 Å². The predicted octanol–water partition coefficient (Wildman–Crippen LogP) is 6.92. The highest BCUT2D eigenvalue weighted by Gasteiger charge is 2.26. The van der Waals surface area contributed by atoms with Crippen LogP contribution in [0.5, 0.6) is 0 Å². The molecule has 1 N–H and O–H groups in total. The first kappa shape index (κ1) is 22.8. The number of amides is 2. The molecular weight excluding hydrogens is 427 g/mol. The van der Waals surface area contributed by atoms with Crippen LogP contribution in [0.1, 0.15) is 44.1 Å². The monoisotopic (exact) mass is 453 g/mol. The third-order valence-electron chi connectivity index (χ3n) is 6.03. The molecule has 33 heavy (non-hydrogen) atoms. The highest BCUT2D eigenvalue weighted by molar-refractivity contribution is 5.89. The molecule has 1 aliphatic rings. The van der Waals surface area contributed by atoms with Gasteiger partial charge in [0, 0.05) is 36.5 Å². The first-order valence-corrected chi connectivity index (χ1v) is 11.2. The van der Waals surface area contributed by atoms with Crippen molar-refractivity contribution in [3.63, 3.8) is 0 Å². The van der Waals surface area contributed by atoms with Gasteiger partial charge in [0.2, 0.25) is 0 Å². The second-order valence-corrected chi connectivity index (χ2v) is 8.36. The number of nitrogens with one attached hydrogen (secondary N) is 1. The molecule has 0 spiro atoms. The maximum Gasteiger partial charge on any atom is 0.322 e. The summed E-state index contributed by atoms with van der Waals surface area (Å²) in [6.45, 7) is 0.295. The second kappa shape index (κ2) is 10.5. The summed E-state index contributed by atoms with van der Waals surface area (Å²) >= 11 is 0. The Labute approximate surface area is 191 Å². The quantitative estimate of drug-likeness (QED) is 0.426. The molecule has 1 fully saturated rings.